The Morgan fingerprint density at radius 3 is 2.44 bits per heavy atom. The topological polar surface area (TPSA) is 74.7 Å². The second kappa shape index (κ2) is 4.38. The zero-order valence-corrected chi connectivity index (χ0v) is 10.9. The van der Waals surface area contributed by atoms with Crippen molar-refractivity contribution in [3.8, 4) is 0 Å². The number of aromatic carboxylic acids is 1. The van der Waals surface area contributed by atoms with Crippen molar-refractivity contribution in [2.24, 2.45) is 0 Å². The van der Waals surface area contributed by atoms with Gasteiger partial charge in [0.1, 0.15) is 0 Å². The highest BCUT2D eigenvalue weighted by molar-refractivity contribution is 9.10. The maximum atomic E-state index is 11.8. The van der Waals surface area contributed by atoms with Crippen molar-refractivity contribution in [2.75, 3.05) is 4.90 Å². The number of nitrogens with zero attached hydrogens (tertiary/aromatic N) is 1. The Bertz CT molecular complexity index is 606. The Morgan fingerprint density at radius 2 is 2.00 bits per heavy atom. The van der Waals surface area contributed by atoms with E-state index in [1.54, 1.807) is 6.92 Å². The summed E-state index contributed by atoms with van der Waals surface area (Å²) in [5, 5.41) is 8.88. The molecule has 2 amide bonds. The summed E-state index contributed by atoms with van der Waals surface area (Å²) in [4.78, 5) is 35.2. The third-order valence-electron chi connectivity index (χ3n) is 2.54. The highest BCUT2D eigenvalue weighted by Crippen LogP contribution is 2.27. The molecule has 0 radical (unpaired) electrons. The van der Waals surface area contributed by atoms with Gasteiger partial charge in [-0.2, -0.15) is 0 Å². The summed E-state index contributed by atoms with van der Waals surface area (Å²) in [6, 6.07) is 4.21. The number of carbonyl (C=O) groups is 3. The first kappa shape index (κ1) is 12.5. The molecule has 0 saturated carbocycles. The van der Waals surface area contributed by atoms with Crippen LogP contribution in [-0.4, -0.2) is 22.9 Å². The Kier molecular flexibility index (Phi) is 3.04. The molecule has 1 N–H and O–H groups in total. The number of anilines is 1. The summed E-state index contributed by atoms with van der Waals surface area (Å²) in [5.74, 6) is -1.90. The highest BCUT2D eigenvalue weighted by atomic mass is 79.9. The summed E-state index contributed by atoms with van der Waals surface area (Å²) in [6.07, 6.45) is 1.25. The molecule has 6 heteroatoms. The fourth-order valence-electron chi connectivity index (χ4n) is 1.65. The Balaban J connectivity index is 2.43. The van der Waals surface area contributed by atoms with Gasteiger partial charge in [0.25, 0.3) is 11.8 Å². The normalized spacial score (nSPS) is 15.0. The van der Waals surface area contributed by atoms with Crippen molar-refractivity contribution in [2.45, 2.75) is 6.92 Å². The largest absolute Gasteiger partial charge is 0.478 e. The van der Waals surface area contributed by atoms with Crippen molar-refractivity contribution >= 4 is 39.4 Å². The van der Waals surface area contributed by atoms with Crippen LogP contribution in [0.5, 0.6) is 0 Å². The minimum absolute atomic E-state index is 0.0718. The van der Waals surface area contributed by atoms with E-state index in [4.69, 9.17) is 5.11 Å². The second-order valence-electron chi connectivity index (χ2n) is 3.78. The van der Waals surface area contributed by atoms with Crippen LogP contribution in [0.4, 0.5) is 5.69 Å². The lowest BCUT2D eigenvalue weighted by Gasteiger charge is -2.15. The number of carboxylic acid groups (broad SMARTS) is 1. The smallest absolute Gasteiger partial charge is 0.336 e. The first-order chi connectivity index (χ1) is 8.41. The molecule has 1 heterocycles. The van der Waals surface area contributed by atoms with E-state index in [2.05, 4.69) is 15.9 Å². The maximum Gasteiger partial charge on any atom is 0.336 e. The van der Waals surface area contributed by atoms with E-state index in [0.717, 1.165) is 4.90 Å². The summed E-state index contributed by atoms with van der Waals surface area (Å²) in [7, 11) is 0. The molecule has 0 fully saturated rings. The third kappa shape index (κ3) is 1.95. The number of rotatable bonds is 2. The van der Waals surface area contributed by atoms with E-state index in [1.165, 1.54) is 24.3 Å². The van der Waals surface area contributed by atoms with Gasteiger partial charge >= 0.3 is 5.97 Å². The van der Waals surface area contributed by atoms with Crippen molar-refractivity contribution in [1.82, 2.24) is 0 Å². The molecule has 1 aliphatic heterocycles. The molecule has 0 aromatic heterocycles. The molecule has 0 bridgehead atoms. The fourth-order valence-corrected chi connectivity index (χ4v) is 2.19. The Morgan fingerprint density at radius 1 is 1.33 bits per heavy atom. The average molecular weight is 310 g/mol. The third-order valence-corrected chi connectivity index (χ3v) is 3.20. The molecule has 1 aromatic carbocycles. The number of carbonyl (C=O) groups excluding carboxylic acids is 2. The van der Waals surface area contributed by atoms with Gasteiger partial charge in [-0.1, -0.05) is 0 Å². The number of imide groups is 1. The lowest BCUT2D eigenvalue weighted by molar-refractivity contribution is -0.120. The van der Waals surface area contributed by atoms with Gasteiger partial charge < -0.3 is 5.11 Å². The highest BCUT2D eigenvalue weighted by Gasteiger charge is 2.30. The summed E-state index contributed by atoms with van der Waals surface area (Å²) in [6.45, 7) is 1.56. The summed E-state index contributed by atoms with van der Waals surface area (Å²) < 4.78 is 0.317. The van der Waals surface area contributed by atoms with E-state index < -0.39 is 17.8 Å². The van der Waals surface area contributed by atoms with Crippen LogP contribution in [-0.2, 0) is 9.59 Å². The van der Waals surface area contributed by atoms with Crippen LogP contribution in [0.1, 0.15) is 17.3 Å². The van der Waals surface area contributed by atoms with E-state index >= 15 is 0 Å². The van der Waals surface area contributed by atoms with Gasteiger partial charge in [-0.3, -0.25) is 9.59 Å². The summed E-state index contributed by atoms with van der Waals surface area (Å²) in [5.41, 5.74) is 0.774. The fraction of sp³-hybridized carbons (Fsp3) is 0.0833. The SMILES string of the molecule is CC1=CC(=O)N(c2ccc(C(=O)O)c(Br)c2)C1=O. The molecule has 92 valence electrons. The van der Waals surface area contributed by atoms with Crippen molar-refractivity contribution in [3.63, 3.8) is 0 Å². The van der Waals surface area contributed by atoms with Gasteiger partial charge in [0.15, 0.2) is 0 Å². The van der Waals surface area contributed by atoms with E-state index in [1.807, 2.05) is 0 Å². The van der Waals surface area contributed by atoms with Gasteiger partial charge in [-0.15, -0.1) is 0 Å². The van der Waals surface area contributed by atoms with Gasteiger partial charge in [-0.25, -0.2) is 9.69 Å². The van der Waals surface area contributed by atoms with E-state index in [9.17, 15) is 14.4 Å². The van der Waals surface area contributed by atoms with E-state index in [-0.39, 0.29) is 5.56 Å². The van der Waals surface area contributed by atoms with Crippen LogP contribution in [0, 0.1) is 0 Å². The molecule has 2 rings (SSSR count). The minimum Gasteiger partial charge on any atom is -0.478 e. The average Bonchev–Trinajstić information content (AvgIpc) is 2.52. The van der Waals surface area contributed by atoms with Crippen molar-refractivity contribution in [1.29, 1.82) is 0 Å². The van der Waals surface area contributed by atoms with Gasteiger partial charge in [0.2, 0.25) is 0 Å². The standard InChI is InChI=1S/C12H8BrNO4/c1-6-4-10(15)14(11(6)16)7-2-3-8(12(17)18)9(13)5-7/h2-5H,1H3,(H,17,18). The zero-order chi connectivity index (χ0) is 13.4. The molecular formula is C12H8BrNO4. The van der Waals surface area contributed by atoms with Gasteiger partial charge in [0, 0.05) is 16.1 Å². The van der Waals surface area contributed by atoms with Crippen LogP contribution in [0.3, 0.4) is 0 Å². The van der Waals surface area contributed by atoms with Crippen LogP contribution in [0.15, 0.2) is 34.3 Å². The molecular weight excluding hydrogens is 302 g/mol. The molecule has 1 aliphatic rings. The second-order valence-corrected chi connectivity index (χ2v) is 4.63. The van der Waals surface area contributed by atoms with Crippen LogP contribution < -0.4 is 4.90 Å². The molecule has 5 nitrogen and oxygen atoms in total. The van der Waals surface area contributed by atoms with Crippen molar-refractivity contribution < 1.29 is 19.5 Å². The molecule has 1 aromatic rings. The number of benzene rings is 1. The van der Waals surface area contributed by atoms with Crippen LogP contribution in [0.2, 0.25) is 0 Å². The first-order valence-corrected chi connectivity index (χ1v) is 5.80. The molecule has 18 heavy (non-hydrogen) atoms. The number of hydrogen-bond acceptors (Lipinski definition) is 3. The lowest BCUT2D eigenvalue weighted by atomic mass is 10.2. The molecule has 0 aliphatic carbocycles. The molecule has 0 saturated heterocycles. The number of amides is 2. The monoisotopic (exact) mass is 309 g/mol. The predicted molar refractivity (Wildman–Crippen MR) is 67.4 cm³/mol. The van der Waals surface area contributed by atoms with Gasteiger partial charge in [0.05, 0.1) is 11.3 Å². The van der Waals surface area contributed by atoms with Gasteiger partial charge in [-0.05, 0) is 41.1 Å². The molecule has 0 spiro atoms. The van der Waals surface area contributed by atoms with Crippen LogP contribution >= 0.6 is 15.9 Å². The number of hydrogen-bond donors (Lipinski definition) is 1. The van der Waals surface area contributed by atoms with Crippen molar-refractivity contribution in [3.05, 3.63) is 39.9 Å². The van der Waals surface area contributed by atoms with E-state index in [0.29, 0.717) is 15.7 Å². The van der Waals surface area contributed by atoms with Crippen LogP contribution in [0.25, 0.3) is 0 Å². The predicted octanol–water partition coefficient (Wildman–Crippen LogP) is 1.97. The lowest BCUT2D eigenvalue weighted by Crippen LogP contribution is -2.30. The quantitative estimate of drug-likeness (QED) is 0.848. The summed E-state index contributed by atoms with van der Waals surface area (Å²) >= 11 is 3.10. The Labute approximate surface area is 111 Å². The minimum atomic E-state index is -1.08. The number of halogens is 1. The first-order valence-electron chi connectivity index (χ1n) is 5.01. The number of carboxylic acids is 1. The Hall–Kier alpha value is -1.95. The maximum absolute atomic E-state index is 11.8. The zero-order valence-electron chi connectivity index (χ0n) is 9.31. The molecule has 0 atom stereocenters. The molecule has 0 unspecified atom stereocenters.